The van der Waals surface area contributed by atoms with Crippen molar-refractivity contribution >= 4 is 16.7 Å². The Morgan fingerprint density at radius 1 is 1.21 bits per heavy atom. The van der Waals surface area contributed by atoms with Gasteiger partial charge >= 0.3 is 5.69 Å². The number of rotatable bonds is 2. The van der Waals surface area contributed by atoms with Gasteiger partial charge in [0.25, 0.3) is 0 Å². The molecule has 4 aromatic rings. The smallest absolute Gasteiger partial charge is 0.328 e. The zero-order valence-corrected chi connectivity index (χ0v) is 19.1. The zero-order chi connectivity index (χ0) is 23.4. The number of H-pyrrole nitrogens is 1. The number of hydrogen-bond acceptors (Lipinski definition) is 7. The maximum Gasteiger partial charge on any atom is 0.328 e. The maximum atomic E-state index is 12.1. The maximum absolute atomic E-state index is 12.1. The summed E-state index contributed by atoms with van der Waals surface area (Å²) in [6.45, 7) is 3.78. The van der Waals surface area contributed by atoms with Gasteiger partial charge in [-0.15, -0.1) is 0 Å². The minimum atomic E-state index is -0.280. The van der Waals surface area contributed by atoms with Crippen molar-refractivity contribution in [1.29, 1.82) is 0 Å². The number of benzene rings is 1. The Balaban J connectivity index is 1.46. The fourth-order valence-corrected chi connectivity index (χ4v) is 5.13. The highest BCUT2D eigenvalue weighted by molar-refractivity contribution is 5.79. The fourth-order valence-electron chi connectivity index (χ4n) is 5.13. The molecule has 0 amide bonds. The van der Waals surface area contributed by atoms with E-state index in [1.807, 2.05) is 35.1 Å². The van der Waals surface area contributed by atoms with Crippen LogP contribution < -0.4 is 21.5 Å². The molecule has 10 nitrogen and oxygen atoms in total. The van der Waals surface area contributed by atoms with Gasteiger partial charge in [0.05, 0.1) is 24.0 Å². The van der Waals surface area contributed by atoms with Crippen LogP contribution >= 0.6 is 0 Å². The quantitative estimate of drug-likeness (QED) is 0.421. The monoisotopic (exact) mass is 458 g/mol. The first-order valence-corrected chi connectivity index (χ1v) is 11.5. The molecule has 0 fully saturated rings. The first-order valence-electron chi connectivity index (χ1n) is 11.5. The third-order valence-electron chi connectivity index (χ3n) is 6.80. The average Bonchev–Trinajstić information content (AvgIpc) is 3.19. The van der Waals surface area contributed by atoms with Crippen molar-refractivity contribution in [3.8, 4) is 5.88 Å². The van der Waals surface area contributed by atoms with Crippen LogP contribution in [0.1, 0.15) is 36.3 Å². The number of aromatic nitrogens is 5. The first-order chi connectivity index (χ1) is 16.5. The van der Waals surface area contributed by atoms with Crippen LogP contribution in [0, 0.1) is 0 Å². The van der Waals surface area contributed by atoms with Gasteiger partial charge in [0.1, 0.15) is 17.3 Å². The molecule has 1 aromatic carbocycles. The van der Waals surface area contributed by atoms with Crippen LogP contribution in [0.2, 0.25) is 0 Å². The van der Waals surface area contributed by atoms with Gasteiger partial charge in [0.2, 0.25) is 5.88 Å². The van der Waals surface area contributed by atoms with E-state index in [2.05, 4.69) is 44.3 Å². The highest BCUT2D eigenvalue weighted by atomic mass is 16.3. The summed E-state index contributed by atoms with van der Waals surface area (Å²) in [6, 6.07) is 12.3. The molecule has 0 bridgehead atoms. The van der Waals surface area contributed by atoms with Crippen molar-refractivity contribution in [2.24, 2.45) is 4.99 Å². The van der Waals surface area contributed by atoms with E-state index < -0.39 is 0 Å². The van der Waals surface area contributed by atoms with Crippen molar-refractivity contribution in [3.05, 3.63) is 75.6 Å². The SMILES string of the molecule is CN=c1cc(N2CCCn3c(c(O)[nH]c3=O)C2)nc2n1NC(C)C2c1cnc2ccccc2c1. The Bertz CT molecular complexity index is 1530. The van der Waals surface area contributed by atoms with Crippen molar-refractivity contribution in [2.75, 3.05) is 23.9 Å². The number of fused-ring (bicyclic) bond motifs is 3. The predicted octanol–water partition coefficient (Wildman–Crippen LogP) is 1.65. The van der Waals surface area contributed by atoms with Crippen molar-refractivity contribution in [2.45, 2.75) is 38.4 Å². The lowest BCUT2D eigenvalue weighted by Gasteiger charge is -2.23. The van der Waals surface area contributed by atoms with Crippen LogP contribution in [0.5, 0.6) is 5.88 Å². The van der Waals surface area contributed by atoms with Gasteiger partial charge in [-0.05, 0) is 31.0 Å². The lowest BCUT2D eigenvalue weighted by Crippen LogP contribution is -2.32. The second-order valence-corrected chi connectivity index (χ2v) is 8.90. The summed E-state index contributed by atoms with van der Waals surface area (Å²) >= 11 is 0. The highest BCUT2D eigenvalue weighted by Crippen LogP contribution is 2.33. The van der Waals surface area contributed by atoms with Gasteiger partial charge in [-0.2, -0.15) is 0 Å². The van der Waals surface area contributed by atoms with Crippen LogP contribution in [0.15, 0.2) is 52.4 Å². The molecule has 2 aliphatic rings. The molecule has 10 heteroatoms. The topological polar surface area (TPSA) is 116 Å². The second-order valence-electron chi connectivity index (χ2n) is 8.90. The summed E-state index contributed by atoms with van der Waals surface area (Å²) in [6.07, 6.45) is 2.70. The molecule has 2 aliphatic heterocycles. The Labute approximate surface area is 195 Å². The van der Waals surface area contributed by atoms with E-state index in [0.29, 0.717) is 25.3 Å². The van der Waals surface area contributed by atoms with E-state index in [0.717, 1.165) is 40.0 Å². The lowest BCUT2D eigenvalue weighted by atomic mass is 9.93. The summed E-state index contributed by atoms with van der Waals surface area (Å²) in [4.78, 5) is 31.0. The Kier molecular flexibility index (Phi) is 4.68. The van der Waals surface area contributed by atoms with Crippen molar-refractivity contribution in [1.82, 2.24) is 24.2 Å². The summed E-state index contributed by atoms with van der Waals surface area (Å²) in [7, 11) is 1.77. The molecule has 0 spiro atoms. The summed E-state index contributed by atoms with van der Waals surface area (Å²) in [5.41, 5.74) is 6.62. The molecule has 6 rings (SSSR count). The molecular formula is C24H26N8O2. The number of hydrogen-bond donors (Lipinski definition) is 3. The number of nitrogens with zero attached hydrogens (tertiary/aromatic N) is 6. The first kappa shape index (κ1) is 20.5. The second kappa shape index (κ2) is 7.75. The summed E-state index contributed by atoms with van der Waals surface area (Å²) < 4.78 is 3.56. The zero-order valence-electron chi connectivity index (χ0n) is 19.1. The molecule has 2 atom stereocenters. The molecule has 0 aliphatic carbocycles. The molecule has 0 radical (unpaired) electrons. The summed E-state index contributed by atoms with van der Waals surface area (Å²) in [5.74, 6) is 1.54. The largest absolute Gasteiger partial charge is 0.493 e. The fraction of sp³-hybridized carbons (Fsp3) is 0.333. The Morgan fingerprint density at radius 3 is 2.91 bits per heavy atom. The number of aromatic hydroxyl groups is 1. The van der Waals surface area contributed by atoms with Crippen molar-refractivity contribution in [3.63, 3.8) is 0 Å². The van der Waals surface area contributed by atoms with Crippen molar-refractivity contribution < 1.29 is 5.11 Å². The van der Waals surface area contributed by atoms with E-state index in [4.69, 9.17) is 4.98 Å². The number of imidazole rings is 1. The standard InChI is InChI=1S/C24H26N8O2/c1-14-21(16-10-15-6-3-4-7-17(15)26-12-16)22-27-20(11-19(25-2)32(22)29-14)30-8-5-9-31-18(13-30)23(33)28-24(31)34/h3-4,6-7,10-12,14,21,29,33H,5,8-9,13H2,1-2H3,(H,28,34). The van der Waals surface area contributed by atoms with Crippen LogP contribution in [-0.4, -0.2) is 48.9 Å². The number of aromatic amines is 1. The van der Waals surface area contributed by atoms with E-state index in [-0.39, 0.29) is 23.5 Å². The molecule has 3 N–H and O–H groups in total. The van der Waals surface area contributed by atoms with Crippen LogP contribution in [0.3, 0.4) is 0 Å². The molecule has 34 heavy (non-hydrogen) atoms. The molecule has 5 heterocycles. The summed E-state index contributed by atoms with van der Waals surface area (Å²) in [5, 5.41) is 11.4. The molecule has 174 valence electrons. The molecule has 2 unspecified atom stereocenters. The Hall–Kier alpha value is -4.08. The van der Waals surface area contributed by atoms with Crippen LogP contribution in [-0.2, 0) is 13.1 Å². The molecule has 3 aromatic heterocycles. The third kappa shape index (κ3) is 3.17. The van der Waals surface area contributed by atoms with E-state index in [1.54, 1.807) is 11.6 Å². The van der Waals surface area contributed by atoms with Gasteiger partial charge in [-0.1, -0.05) is 18.2 Å². The van der Waals surface area contributed by atoms with Crippen LogP contribution in [0.25, 0.3) is 10.9 Å². The normalized spacial score (nSPS) is 20.2. The van der Waals surface area contributed by atoms with Gasteiger partial charge in [-0.3, -0.25) is 19.5 Å². The number of nitrogens with one attached hydrogen (secondary N) is 2. The number of pyridine rings is 1. The van der Waals surface area contributed by atoms with Gasteiger partial charge in [0, 0.05) is 37.8 Å². The number of para-hydroxylation sites is 1. The number of anilines is 1. The van der Waals surface area contributed by atoms with Gasteiger partial charge in [-0.25, -0.2) is 14.5 Å². The average molecular weight is 459 g/mol. The minimum absolute atomic E-state index is 0.0108. The predicted molar refractivity (Wildman–Crippen MR) is 129 cm³/mol. The molecular weight excluding hydrogens is 432 g/mol. The van der Waals surface area contributed by atoms with E-state index >= 15 is 0 Å². The van der Waals surface area contributed by atoms with Gasteiger partial charge in [0.15, 0.2) is 5.49 Å². The lowest BCUT2D eigenvalue weighted by molar-refractivity contribution is 0.447. The van der Waals surface area contributed by atoms with Crippen LogP contribution in [0.4, 0.5) is 5.82 Å². The third-order valence-corrected chi connectivity index (χ3v) is 6.80. The minimum Gasteiger partial charge on any atom is -0.493 e. The van der Waals surface area contributed by atoms with Gasteiger partial charge < -0.3 is 15.4 Å². The van der Waals surface area contributed by atoms with E-state index in [9.17, 15) is 9.90 Å². The highest BCUT2D eigenvalue weighted by Gasteiger charge is 2.34. The Morgan fingerprint density at radius 2 is 2.06 bits per heavy atom. The molecule has 0 saturated carbocycles. The van der Waals surface area contributed by atoms with E-state index in [1.165, 1.54) is 0 Å². The molecule has 0 saturated heterocycles.